The summed E-state index contributed by atoms with van der Waals surface area (Å²) < 4.78 is 71.1. The van der Waals surface area contributed by atoms with Crippen LogP contribution in [0.4, 0.5) is 24.5 Å². The first-order chi connectivity index (χ1) is 18.5. The Morgan fingerprint density at radius 3 is 2.38 bits per heavy atom. The van der Waals surface area contributed by atoms with Gasteiger partial charge in [-0.3, -0.25) is 0 Å². The minimum Gasteiger partial charge on any atom is -0.479 e. The summed E-state index contributed by atoms with van der Waals surface area (Å²) in [5.41, 5.74) is 1.95. The van der Waals surface area contributed by atoms with Crippen molar-refractivity contribution in [1.29, 1.82) is 0 Å². The maximum atomic E-state index is 13.5. The van der Waals surface area contributed by atoms with Crippen molar-refractivity contribution >= 4 is 32.1 Å². The molecule has 1 aliphatic carbocycles. The predicted molar refractivity (Wildman–Crippen MR) is 148 cm³/mol. The number of aromatic nitrogens is 1. The van der Waals surface area contributed by atoms with Crippen LogP contribution in [0.1, 0.15) is 31.4 Å². The molecule has 0 atom stereocenters. The van der Waals surface area contributed by atoms with Gasteiger partial charge in [0.15, 0.2) is 9.84 Å². The molecule has 1 aromatic heterocycles. The molecule has 1 heterocycles. The standard InChI is InChI=1S/C28H33F3N4O3S/c1-32-19-9-11-20(12-10-19)34-24-7-4-8-26-23(24)16-21(35(26)18-28(29,30)31)6-5-15-38-27-14-13-22(39(3,36)37)17-25(27)33-2/h4,7-8,13-14,16-17,19-20,32-34H,9-12,15,18H2,1-3H3. The van der Waals surface area contributed by atoms with Crippen LogP contribution >= 0.6 is 0 Å². The molecular weight excluding hydrogens is 529 g/mol. The average molecular weight is 563 g/mol. The van der Waals surface area contributed by atoms with Gasteiger partial charge in [-0.15, -0.1) is 0 Å². The highest BCUT2D eigenvalue weighted by molar-refractivity contribution is 7.90. The Balaban J connectivity index is 1.58. The van der Waals surface area contributed by atoms with Gasteiger partial charge in [0.2, 0.25) is 0 Å². The molecule has 0 radical (unpaired) electrons. The van der Waals surface area contributed by atoms with Crippen molar-refractivity contribution in [2.24, 2.45) is 0 Å². The fourth-order valence-electron chi connectivity index (χ4n) is 4.91. The topological polar surface area (TPSA) is 84.4 Å². The number of nitrogens with one attached hydrogen (secondary N) is 3. The Bertz CT molecular complexity index is 1480. The van der Waals surface area contributed by atoms with Crippen LogP contribution < -0.4 is 20.7 Å². The number of hydrogen-bond acceptors (Lipinski definition) is 6. The summed E-state index contributed by atoms with van der Waals surface area (Å²) in [7, 11) is 0.206. The highest BCUT2D eigenvalue weighted by Gasteiger charge is 2.30. The SMILES string of the molecule is CNc1cc(S(C)(=O)=O)ccc1OCC#Cc1cc2c(NC3CCC(NC)CC3)cccc2n1CC(F)(F)F. The first-order valence-electron chi connectivity index (χ1n) is 12.7. The number of halogens is 3. The van der Waals surface area contributed by atoms with E-state index in [0.717, 1.165) is 37.6 Å². The lowest BCUT2D eigenvalue weighted by Crippen LogP contribution is -2.34. The van der Waals surface area contributed by atoms with E-state index in [4.69, 9.17) is 4.74 Å². The Morgan fingerprint density at radius 2 is 1.74 bits per heavy atom. The first-order valence-corrected chi connectivity index (χ1v) is 14.6. The molecule has 0 unspecified atom stereocenters. The highest BCUT2D eigenvalue weighted by Crippen LogP contribution is 2.32. The molecule has 2 aromatic carbocycles. The van der Waals surface area contributed by atoms with E-state index >= 15 is 0 Å². The minimum absolute atomic E-state index is 0.0970. The number of fused-ring (bicyclic) bond motifs is 1. The lowest BCUT2D eigenvalue weighted by molar-refractivity contribution is -0.140. The molecule has 7 nitrogen and oxygen atoms in total. The van der Waals surface area contributed by atoms with E-state index in [0.29, 0.717) is 28.4 Å². The van der Waals surface area contributed by atoms with Crippen LogP contribution in [0.15, 0.2) is 47.4 Å². The van der Waals surface area contributed by atoms with E-state index in [1.807, 2.05) is 13.1 Å². The van der Waals surface area contributed by atoms with Crippen molar-refractivity contribution in [1.82, 2.24) is 9.88 Å². The van der Waals surface area contributed by atoms with Gasteiger partial charge in [-0.25, -0.2) is 8.42 Å². The maximum Gasteiger partial charge on any atom is 0.406 e. The normalized spacial score (nSPS) is 17.9. The molecule has 3 aromatic rings. The fraction of sp³-hybridized carbons (Fsp3) is 0.429. The summed E-state index contributed by atoms with van der Waals surface area (Å²) in [6, 6.07) is 12.2. The number of ether oxygens (including phenoxy) is 1. The molecule has 0 saturated heterocycles. The summed E-state index contributed by atoms with van der Waals surface area (Å²) in [6.07, 6.45) is 0.744. The van der Waals surface area contributed by atoms with Gasteiger partial charge in [-0.2, -0.15) is 13.2 Å². The summed E-state index contributed by atoms with van der Waals surface area (Å²) in [5, 5.41) is 10.4. The number of benzene rings is 2. The zero-order chi connectivity index (χ0) is 28.2. The Kier molecular flexibility index (Phi) is 8.67. The molecule has 210 valence electrons. The van der Waals surface area contributed by atoms with E-state index in [2.05, 4.69) is 27.8 Å². The zero-order valence-corrected chi connectivity index (χ0v) is 23.0. The van der Waals surface area contributed by atoms with Gasteiger partial charge < -0.3 is 25.3 Å². The molecular formula is C28H33F3N4O3S. The van der Waals surface area contributed by atoms with E-state index < -0.39 is 22.6 Å². The molecule has 1 aliphatic rings. The molecule has 1 fully saturated rings. The van der Waals surface area contributed by atoms with Crippen LogP contribution in [0.5, 0.6) is 5.75 Å². The van der Waals surface area contributed by atoms with E-state index in [-0.39, 0.29) is 23.2 Å². The first kappa shape index (κ1) is 28.6. The summed E-state index contributed by atoms with van der Waals surface area (Å²) >= 11 is 0. The van der Waals surface area contributed by atoms with Gasteiger partial charge in [0, 0.05) is 36.5 Å². The maximum absolute atomic E-state index is 13.5. The Labute approximate surface area is 227 Å². The number of nitrogens with zero attached hydrogens (tertiary/aromatic N) is 1. The van der Waals surface area contributed by atoms with Crippen molar-refractivity contribution in [3.63, 3.8) is 0 Å². The second-order valence-electron chi connectivity index (χ2n) is 9.72. The van der Waals surface area contributed by atoms with Gasteiger partial charge in [0.1, 0.15) is 18.9 Å². The van der Waals surface area contributed by atoms with Crippen LogP contribution in [0, 0.1) is 11.8 Å². The fourth-order valence-corrected chi connectivity index (χ4v) is 5.56. The summed E-state index contributed by atoms with van der Waals surface area (Å²) in [5.74, 6) is 6.04. The average Bonchev–Trinajstić information content (AvgIpc) is 3.23. The second kappa shape index (κ2) is 11.8. The summed E-state index contributed by atoms with van der Waals surface area (Å²) in [6.45, 7) is -1.25. The van der Waals surface area contributed by atoms with E-state index in [9.17, 15) is 21.6 Å². The molecule has 4 rings (SSSR count). The smallest absolute Gasteiger partial charge is 0.406 e. The lowest BCUT2D eigenvalue weighted by atomic mass is 9.91. The van der Waals surface area contributed by atoms with Gasteiger partial charge in [-0.05, 0) is 75.0 Å². The number of hydrogen-bond donors (Lipinski definition) is 3. The zero-order valence-electron chi connectivity index (χ0n) is 22.2. The molecule has 11 heteroatoms. The largest absolute Gasteiger partial charge is 0.479 e. The minimum atomic E-state index is -4.42. The Morgan fingerprint density at radius 1 is 1.03 bits per heavy atom. The third-order valence-corrected chi connectivity index (χ3v) is 8.05. The van der Waals surface area contributed by atoms with Crippen LogP contribution in [-0.4, -0.2) is 58.2 Å². The number of anilines is 2. The lowest BCUT2D eigenvalue weighted by Gasteiger charge is -2.29. The van der Waals surface area contributed by atoms with E-state index in [1.165, 1.54) is 22.8 Å². The quantitative estimate of drug-likeness (QED) is 0.335. The van der Waals surface area contributed by atoms with Crippen LogP contribution in [0.3, 0.4) is 0 Å². The third-order valence-electron chi connectivity index (χ3n) is 6.94. The molecule has 39 heavy (non-hydrogen) atoms. The van der Waals surface area contributed by atoms with Crippen LogP contribution in [0.2, 0.25) is 0 Å². The van der Waals surface area contributed by atoms with Crippen LogP contribution in [-0.2, 0) is 16.4 Å². The number of alkyl halides is 3. The molecule has 0 aliphatic heterocycles. The van der Waals surface area contributed by atoms with Crippen molar-refractivity contribution < 1.29 is 26.3 Å². The van der Waals surface area contributed by atoms with Crippen molar-refractivity contribution in [3.8, 4) is 17.6 Å². The van der Waals surface area contributed by atoms with Gasteiger partial charge in [0.25, 0.3) is 0 Å². The van der Waals surface area contributed by atoms with Crippen LogP contribution in [0.25, 0.3) is 10.9 Å². The predicted octanol–water partition coefficient (Wildman–Crippen LogP) is 5.02. The molecule has 0 bridgehead atoms. The second-order valence-corrected chi connectivity index (χ2v) is 11.7. The molecule has 0 spiro atoms. The van der Waals surface area contributed by atoms with Gasteiger partial charge >= 0.3 is 6.18 Å². The molecule has 1 saturated carbocycles. The van der Waals surface area contributed by atoms with E-state index in [1.54, 1.807) is 25.2 Å². The summed E-state index contributed by atoms with van der Waals surface area (Å²) in [4.78, 5) is 0.140. The third kappa shape index (κ3) is 7.19. The molecule has 3 N–H and O–H groups in total. The van der Waals surface area contributed by atoms with Crippen molar-refractivity contribution in [2.75, 3.05) is 37.6 Å². The van der Waals surface area contributed by atoms with Gasteiger partial charge in [-0.1, -0.05) is 12.0 Å². The number of rotatable bonds is 8. The highest BCUT2D eigenvalue weighted by atomic mass is 32.2. The monoisotopic (exact) mass is 562 g/mol. The van der Waals surface area contributed by atoms with Crippen molar-refractivity contribution in [3.05, 3.63) is 48.2 Å². The Hall–Kier alpha value is -3.36. The van der Waals surface area contributed by atoms with Gasteiger partial charge in [0.05, 0.1) is 21.8 Å². The van der Waals surface area contributed by atoms with Crippen molar-refractivity contribution in [2.45, 2.75) is 55.4 Å². The molecule has 0 amide bonds. The number of sulfone groups is 1.